The zero-order chi connectivity index (χ0) is 11.1. The Bertz CT molecular complexity index is 384. The molecule has 0 spiro atoms. The molecule has 4 nitrogen and oxygen atoms in total. The molecule has 0 aliphatic heterocycles. The standard InChI is InChI=1S/C11H11NO3/c1-2-14-11(13)7-9(8-12)6-10-4-3-5-15-10/h3-6H,2,7H2,1H3. The number of carbonyl (C=O) groups is 1. The molecular weight excluding hydrogens is 194 g/mol. The molecule has 0 aliphatic carbocycles. The molecule has 0 aromatic carbocycles. The number of nitriles is 1. The lowest BCUT2D eigenvalue weighted by molar-refractivity contribution is -0.142. The molecule has 15 heavy (non-hydrogen) atoms. The monoisotopic (exact) mass is 205 g/mol. The van der Waals surface area contributed by atoms with Gasteiger partial charge in [0.1, 0.15) is 5.76 Å². The van der Waals surface area contributed by atoms with Crippen molar-refractivity contribution in [2.75, 3.05) is 6.61 Å². The summed E-state index contributed by atoms with van der Waals surface area (Å²) in [5.41, 5.74) is 0.323. The average Bonchev–Trinajstić information content (AvgIpc) is 2.70. The lowest BCUT2D eigenvalue weighted by Crippen LogP contribution is -2.04. The van der Waals surface area contributed by atoms with Crippen LogP contribution in [0.25, 0.3) is 6.08 Å². The Balaban J connectivity index is 2.65. The molecule has 0 fully saturated rings. The van der Waals surface area contributed by atoms with Crippen molar-refractivity contribution in [2.24, 2.45) is 0 Å². The van der Waals surface area contributed by atoms with Crippen LogP contribution in [-0.2, 0) is 9.53 Å². The van der Waals surface area contributed by atoms with Crippen molar-refractivity contribution in [1.29, 1.82) is 5.26 Å². The molecule has 0 unspecified atom stereocenters. The topological polar surface area (TPSA) is 63.2 Å². The van der Waals surface area contributed by atoms with Gasteiger partial charge in [-0.1, -0.05) is 0 Å². The molecule has 0 N–H and O–H groups in total. The number of rotatable bonds is 4. The van der Waals surface area contributed by atoms with Gasteiger partial charge in [0, 0.05) is 5.57 Å². The molecule has 0 saturated heterocycles. The fourth-order valence-corrected chi connectivity index (χ4v) is 1.04. The minimum atomic E-state index is -0.406. The van der Waals surface area contributed by atoms with Crippen molar-refractivity contribution in [3.63, 3.8) is 0 Å². The summed E-state index contributed by atoms with van der Waals surface area (Å²) in [4.78, 5) is 11.1. The van der Waals surface area contributed by atoms with Gasteiger partial charge in [-0.15, -0.1) is 0 Å². The summed E-state index contributed by atoms with van der Waals surface area (Å²) in [6, 6.07) is 5.35. The van der Waals surface area contributed by atoms with Crippen LogP contribution in [0.15, 0.2) is 28.4 Å². The SMILES string of the molecule is CCOC(=O)CC(C#N)=Cc1ccco1. The first-order valence-corrected chi connectivity index (χ1v) is 4.56. The van der Waals surface area contributed by atoms with Crippen LogP contribution in [0.4, 0.5) is 0 Å². The van der Waals surface area contributed by atoms with Crippen LogP contribution in [0.3, 0.4) is 0 Å². The van der Waals surface area contributed by atoms with Gasteiger partial charge in [-0.05, 0) is 25.1 Å². The van der Waals surface area contributed by atoms with E-state index in [-0.39, 0.29) is 6.42 Å². The molecule has 1 rings (SSSR count). The fourth-order valence-electron chi connectivity index (χ4n) is 1.04. The van der Waals surface area contributed by atoms with Crippen LogP contribution in [0.5, 0.6) is 0 Å². The van der Waals surface area contributed by atoms with E-state index in [0.717, 1.165) is 0 Å². The lowest BCUT2D eigenvalue weighted by Gasteiger charge is -1.99. The van der Waals surface area contributed by atoms with E-state index in [0.29, 0.717) is 17.9 Å². The second-order valence-corrected chi connectivity index (χ2v) is 2.78. The zero-order valence-electron chi connectivity index (χ0n) is 8.40. The molecule has 0 aliphatic rings. The number of furan rings is 1. The molecule has 78 valence electrons. The largest absolute Gasteiger partial charge is 0.466 e. The smallest absolute Gasteiger partial charge is 0.310 e. The predicted octanol–water partition coefficient (Wildman–Crippen LogP) is 2.14. The summed E-state index contributed by atoms with van der Waals surface area (Å²) in [7, 11) is 0. The van der Waals surface area contributed by atoms with E-state index in [4.69, 9.17) is 14.4 Å². The molecule has 0 atom stereocenters. The van der Waals surface area contributed by atoms with Crippen LogP contribution < -0.4 is 0 Å². The third-order valence-electron chi connectivity index (χ3n) is 1.64. The van der Waals surface area contributed by atoms with Crippen molar-refractivity contribution in [3.05, 3.63) is 29.7 Å². The predicted molar refractivity (Wildman–Crippen MR) is 53.5 cm³/mol. The van der Waals surface area contributed by atoms with Crippen LogP contribution in [-0.4, -0.2) is 12.6 Å². The highest BCUT2D eigenvalue weighted by molar-refractivity contribution is 5.76. The third kappa shape index (κ3) is 3.69. The summed E-state index contributed by atoms with van der Waals surface area (Å²) >= 11 is 0. The van der Waals surface area contributed by atoms with Crippen LogP contribution in [0.1, 0.15) is 19.1 Å². The minimum Gasteiger partial charge on any atom is -0.466 e. The van der Waals surface area contributed by atoms with Crippen LogP contribution in [0.2, 0.25) is 0 Å². The van der Waals surface area contributed by atoms with Gasteiger partial charge in [0.25, 0.3) is 0 Å². The normalized spacial score (nSPS) is 10.8. The van der Waals surface area contributed by atoms with Crippen LogP contribution >= 0.6 is 0 Å². The highest BCUT2D eigenvalue weighted by atomic mass is 16.5. The third-order valence-corrected chi connectivity index (χ3v) is 1.64. The molecule has 1 aromatic rings. The van der Waals surface area contributed by atoms with Gasteiger partial charge in [-0.2, -0.15) is 5.26 Å². The Morgan fingerprint density at radius 2 is 2.53 bits per heavy atom. The maximum atomic E-state index is 11.1. The van der Waals surface area contributed by atoms with Crippen molar-refractivity contribution in [1.82, 2.24) is 0 Å². The quantitative estimate of drug-likeness (QED) is 0.558. The van der Waals surface area contributed by atoms with Gasteiger partial charge in [0.15, 0.2) is 0 Å². The molecule has 1 heterocycles. The van der Waals surface area contributed by atoms with E-state index in [1.165, 1.54) is 12.3 Å². The fraction of sp³-hybridized carbons (Fsp3) is 0.273. The number of hydrogen-bond acceptors (Lipinski definition) is 4. The Morgan fingerprint density at radius 3 is 3.07 bits per heavy atom. The molecule has 4 heteroatoms. The first kappa shape index (κ1) is 11.1. The Kier molecular flexibility index (Phi) is 4.17. The van der Waals surface area contributed by atoms with Crippen LogP contribution in [0, 0.1) is 11.3 Å². The Labute approximate surface area is 87.8 Å². The Morgan fingerprint density at radius 1 is 1.73 bits per heavy atom. The van der Waals surface area contributed by atoms with E-state index < -0.39 is 5.97 Å². The van der Waals surface area contributed by atoms with Gasteiger partial charge in [-0.25, -0.2) is 0 Å². The molecule has 0 saturated carbocycles. The first-order chi connectivity index (χ1) is 7.26. The molecule has 1 aromatic heterocycles. The molecule has 0 amide bonds. The lowest BCUT2D eigenvalue weighted by atomic mass is 10.2. The average molecular weight is 205 g/mol. The summed E-state index contributed by atoms with van der Waals surface area (Å²) in [5, 5.41) is 8.77. The number of carbonyl (C=O) groups excluding carboxylic acids is 1. The molecule has 0 radical (unpaired) electrons. The van der Waals surface area contributed by atoms with Gasteiger partial charge in [0.2, 0.25) is 0 Å². The summed E-state index contributed by atoms with van der Waals surface area (Å²) in [6.07, 6.45) is 3.01. The minimum absolute atomic E-state index is 0.0228. The highest BCUT2D eigenvalue weighted by Gasteiger charge is 2.06. The molecule has 0 bridgehead atoms. The van der Waals surface area contributed by atoms with Crippen molar-refractivity contribution in [3.8, 4) is 6.07 Å². The summed E-state index contributed by atoms with van der Waals surface area (Å²) < 4.78 is 9.76. The maximum Gasteiger partial charge on any atom is 0.310 e. The number of esters is 1. The van der Waals surface area contributed by atoms with E-state index in [1.54, 1.807) is 19.1 Å². The number of nitrogens with zero attached hydrogens (tertiary/aromatic N) is 1. The second kappa shape index (κ2) is 5.66. The van der Waals surface area contributed by atoms with E-state index in [9.17, 15) is 4.79 Å². The number of hydrogen-bond donors (Lipinski definition) is 0. The summed E-state index contributed by atoms with van der Waals surface area (Å²) in [5.74, 6) is 0.146. The van der Waals surface area contributed by atoms with Crippen molar-refractivity contribution < 1.29 is 13.9 Å². The van der Waals surface area contributed by atoms with Gasteiger partial charge in [0.05, 0.1) is 25.4 Å². The Hall–Kier alpha value is -2.02. The highest BCUT2D eigenvalue weighted by Crippen LogP contribution is 2.10. The van der Waals surface area contributed by atoms with Crippen molar-refractivity contribution in [2.45, 2.75) is 13.3 Å². The van der Waals surface area contributed by atoms with E-state index >= 15 is 0 Å². The van der Waals surface area contributed by atoms with Gasteiger partial charge < -0.3 is 9.15 Å². The van der Waals surface area contributed by atoms with E-state index in [1.807, 2.05) is 6.07 Å². The number of ether oxygens (including phenoxy) is 1. The first-order valence-electron chi connectivity index (χ1n) is 4.56. The van der Waals surface area contributed by atoms with E-state index in [2.05, 4.69) is 0 Å². The van der Waals surface area contributed by atoms with Gasteiger partial charge in [-0.3, -0.25) is 4.79 Å². The van der Waals surface area contributed by atoms with Gasteiger partial charge >= 0.3 is 5.97 Å². The van der Waals surface area contributed by atoms with Crippen molar-refractivity contribution >= 4 is 12.0 Å². The molecular formula is C11H11NO3. The second-order valence-electron chi connectivity index (χ2n) is 2.78. The maximum absolute atomic E-state index is 11.1. The summed E-state index contributed by atoms with van der Waals surface area (Å²) in [6.45, 7) is 2.04. The zero-order valence-corrected chi connectivity index (χ0v) is 8.40.